The Hall–Kier alpha value is -1.84. The molecule has 1 aromatic carbocycles. The molecule has 0 amide bonds. The molecule has 3 nitrogen and oxygen atoms in total. The van der Waals surface area contributed by atoms with Crippen molar-refractivity contribution in [3.8, 4) is 0 Å². The fraction of sp³-hybridized carbons (Fsp3) is 0.100. The van der Waals surface area contributed by atoms with Crippen molar-refractivity contribution in [1.82, 2.24) is 9.78 Å². The van der Waals surface area contributed by atoms with Crippen molar-refractivity contribution in [3.63, 3.8) is 0 Å². The second kappa shape index (κ2) is 3.49. The van der Waals surface area contributed by atoms with Crippen LogP contribution in [-0.4, -0.2) is 9.78 Å². The number of benzene rings is 1. The smallest absolute Gasteiger partial charge is 0.146 e. The van der Waals surface area contributed by atoms with Crippen LogP contribution >= 0.6 is 0 Å². The van der Waals surface area contributed by atoms with Gasteiger partial charge in [-0.3, -0.25) is 4.68 Å². The van der Waals surface area contributed by atoms with Crippen molar-refractivity contribution in [3.05, 3.63) is 42.5 Å². The molecular formula is C10H10FN3. The molecule has 0 aliphatic heterocycles. The summed E-state index contributed by atoms with van der Waals surface area (Å²) in [6, 6.07) is 6.53. The Kier molecular flexibility index (Phi) is 2.18. The van der Waals surface area contributed by atoms with Gasteiger partial charge < -0.3 is 5.32 Å². The molecule has 0 aliphatic carbocycles. The predicted octanol–water partition coefficient (Wildman–Crippen LogP) is 2.30. The first-order valence-electron chi connectivity index (χ1n) is 4.26. The first-order chi connectivity index (χ1) is 6.75. The summed E-state index contributed by atoms with van der Waals surface area (Å²) in [7, 11) is 1.81. The summed E-state index contributed by atoms with van der Waals surface area (Å²) >= 11 is 0. The highest BCUT2D eigenvalue weighted by atomic mass is 19.1. The molecule has 0 unspecified atom stereocenters. The Morgan fingerprint density at radius 1 is 1.36 bits per heavy atom. The van der Waals surface area contributed by atoms with E-state index in [-0.39, 0.29) is 5.82 Å². The van der Waals surface area contributed by atoms with Crippen LogP contribution in [0.2, 0.25) is 0 Å². The largest absolute Gasteiger partial charge is 0.351 e. The molecule has 0 bridgehead atoms. The molecule has 72 valence electrons. The van der Waals surface area contributed by atoms with Gasteiger partial charge in [0.25, 0.3) is 0 Å². The molecule has 0 saturated carbocycles. The monoisotopic (exact) mass is 191 g/mol. The Labute approximate surface area is 81.2 Å². The van der Waals surface area contributed by atoms with Gasteiger partial charge >= 0.3 is 0 Å². The Morgan fingerprint density at radius 2 is 2.14 bits per heavy atom. The normalized spacial score (nSPS) is 10.1. The number of rotatable bonds is 2. The number of anilines is 2. The van der Waals surface area contributed by atoms with Crippen LogP contribution in [0.4, 0.5) is 15.8 Å². The van der Waals surface area contributed by atoms with Gasteiger partial charge in [0.15, 0.2) is 0 Å². The van der Waals surface area contributed by atoms with Crippen molar-refractivity contribution in [2.75, 3.05) is 5.32 Å². The minimum atomic E-state index is -0.267. The number of aryl methyl sites for hydroxylation is 1. The number of hydrogen-bond acceptors (Lipinski definition) is 2. The maximum Gasteiger partial charge on any atom is 0.146 e. The second-order valence-corrected chi connectivity index (χ2v) is 3.01. The molecule has 0 spiro atoms. The van der Waals surface area contributed by atoms with E-state index in [9.17, 15) is 4.39 Å². The number of nitrogens with one attached hydrogen (secondary N) is 1. The molecule has 0 fully saturated rings. The van der Waals surface area contributed by atoms with Crippen molar-refractivity contribution in [1.29, 1.82) is 0 Å². The predicted molar refractivity (Wildman–Crippen MR) is 52.9 cm³/mol. The standard InChI is InChI=1S/C10H10FN3/c1-14-7-8(6-12-14)13-10-5-3-2-4-9(10)11/h2-7,13H,1H3. The zero-order valence-corrected chi connectivity index (χ0v) is 7.74. The molecule has 0 radical (unpaired) electrons. The van der Waals surface area contributed by atoms with E-state index >= 15 is 0 Å². The van der Waals surface area contributed by atoms with E-state index < -0.39 is 0 Å². The van der Waals surface area contributed by atoms with Crippen molar-refractivity contribution < 1.29 is 4.39 Å². The van der Waals surface area contributed by atoms with Gasteiger partial charge in [-0.1, -0.05) is 12.1 Å². The zero-order valence-electron chi connectivity index (χ0n) is 7.74. The van der Waals surface area contributed by atoms with Crippen molar-refractivity contribution in [2.24, 2.45) is 7.05 Å². The summed E-state index contributed by atoms with van der Waals surface area (Å²) in [6.07, 6.45) is 3.43. The molecule has 2 rings (SSSR count). The molecule has 2 aromatic rings. The number of hydrogen-bond donors (Lipinski definition) is 1. The average molecular weight is 191 g/mol. The van der Waals surface area contributed by atoms with Gasteiger partial charge in [0.1, 0.15) is 5.82 Å². The van der Waals surface area contributed by atoms with E-state index in [4.69, 9.17) is 0 Å². The van der Waals surface area contributed by atoms with Crippen LogP contribution in [0.3, 0.4) is 0 Å². The number of para-hydroxylation sites is 1. The van der Waals surface area contributed by atoms with Crippen LogP contribution in [0.15, 0.2) is 36.7 Å². The number of nitrogens with zero attached hydrogens (tertiary/aromatic N) is 2. The quantitative estimate of drug-likeness (QED) is 0.789. The SMILES string of the molecule is Cn1cc(Nc2ccccc2F)cn1. The number of halogens is 1. The maximum absolute atomic E-state index is 13.2. The van der Waals surface area contributed by atoms with Crippen LogP contribution in [0.1, 0.15) is 0 Å². The van der Waals surface area contributed by atoms with Gasteiger partial charge in [0.05, 0.1) is 17.6 Å². The summed E-state index contributed by atoms with van der Waals surface area (Å²) in [5, 5.41) is 6.91. The third kappa shape index (κ3) is 1.74. The van der Waals surface area contributed by atoms with Crippen molar-refractivity contribution in [2.45, 2.75) is 0 Å². The fourth-order valence-corrected chi connectivity index (χ4v) is 1.20. The Morgan fingerprint density at radius 3 is 2.79 bits per heavy atom. The lowest BCUT2D eigenvalue weighted by Gasteiger charge is -2.03. The Balaban J connectivity index is 2.23. The second-order valence-electron chi connectivity index (χ2n) is 3.01. The van der Waals surface area contributed by atoms with Crippen LogP contribution in [0.5, 0.6) is 0 Å². The van der Waals surface area contributed by atoms with E-state index in [1.165, 1.54) is 6.07 Å². The van der Waals surface area contributed by atoms with Gasteiger partial charge in [-0.25, -0.2) is 4.39 Å². The zero-order chi connectivity index (χ0) is 9.97. The lowest BCUT2D eigenvalue weighted by atomic mass is 10.3. The average Bonchev–Trinajstić information content (AvgIpc) is 2.56. The molecular weight excluding hydrogens is 181 g/mol. The first-order valence-corrected chi connectivity index (χ1v) is 4.26. The lowest BCUT2D eigenvalue weighted by Crippen LogP contribution is -1.91. The van der Waals surface area contributed by atoms with Gasteiger partial charge in [0.2, 0.25) is 0 Å². The molecule has 1 N–H and O–H groups in total. The van der Waals surface area contributed by atoms with Gasteiger partial charge in [-0.15, -0.1) is 0 Å². The Bertz CT molecular complexity index is 436. The molecule has 0 saturated heterocycles. The van der Waals surface area contributed by atoms with Crippen LogP contribution in [-0.2, 0) is 7.05 Å². The van der Waals surface area contributed by atoms with Gasteiger partial charge in [-0.2, -0.15) is 5.10 Å². The molecule has 0 aliphatic rings. The summed E-state index contributed by atoms with van der Waals surface area (Å²) in [4.78, 5) is 0. The molecule has 4 heteroatoms. The fourth-order valence-electron chi connectivity index (χ4n) is 1.20. The minimum Gasteiger partial charge on any atom is -0.351 e. The maximum atomic E-state index is 13.2. The topological polar surface area (TPSA) is 29.9 Å². The van der Waals surface area contributed by atoms with Crippen LogP contribution in [0, 0.1) is 5.82 Å². The van der Waals surface area contributed by atoms with E-state index in [0.29, 0.717) is 5.69 Å². The highest BCUT2D eigenvalue weighted by molar-refractivity contribution is 5.58. The van der Waals surface area contributed by atoms with Crippen LogP contribution in [0.25, 0.3) is 0 Å². The number of aromatic nitrogens is 2. The minimum absolute atomic E-state index is 0.267. The summed E-state index contributed by atoms with van der Waals surface area (Å²) in [5.74, 6) is -0.267. The highest BCUT2D eigenvalue weighted by Gasteiger charge is 2.01. The molecule has 1 aromatic heterocycles. The third-order valence-electron chi connectivity index (χ3n) is 1.86. The summed E-state index contributed by atoms with van der Waals surface area (Å²) < 4.78 is 14.8. The van der Waals surface area contributed by atoms with E-state index in [2.05, 4.69) is 10.4 Å². The molecule has 1 heterocycles. The van der Waals surface area contributed by atoms with Gasteiger partial charge in [0, 0.05) is 13.2 Å². The third-order valence-corrected chi connectivity index (χ3v) is 1.86. The molecule has 0 atom stereocenters. The van der Waals surface area contributed by atoms with E-state index in [0.717, 1.165) is 5.69 Å². The van der Waals surface area contributed by atoms with Gasteiger partial charge in [-0.05, 0) is 12.1 Å². The van der Waals surface area contributed by atoms with E-state index in [1.54, 1.807) is 35.3 Å². The first kappa shape index (κ1) is 8.74. The summed E-state index contributed by atoms with van der Waals surface area (Å²) in [6.45, 7) is 0. The lowest BCUT2D eigenvalue weighted by molar-refractivity contribution is 0.632. The molecule has 14 heavy (non-hydrogen) atoms. The highest BCUT2D eigenvalue weighted by Crippen LogP contribution is 2.18. The summed E-state index contributed by atoms with van der Waals surface area (Å²) in [5.41, 5.74) is 1.23. The van der Waals surface area contributed by atoms with E-state index in [1.807, 2.05) is 7.05 Å². The van der Waals surface area contributed by atoms with Crippen LogP contribution < -0.4 is 5.32 Å². The van der Waals surface area contributed by atoms with Crippen molar-refractivity contribution >= 4 is 11.4 Å².